The molecule has 53 heavy (non-hydrogen) atoms. The lowest BCUT2D eigenvalue weighted by Crippen LogP contribution is -2.26. The summed E-state index contributed by atoms with van der Waals surface area (Å²) in [5.41, 5.74) is 3.79. The fourth-order valence-electron chi connectivity index (χ4n) is 9.02. The van der Waals surface area contributed by atoms with Crippen LogP contribution in [0.2, 0.25) is 0 Å². The summed E-state index contributed by atoms with van der Waals surface area (Å²) in [6.07, 6.45) is 0. The predicted octanol–water partition coefficient (Wildman–Crippen LogP) is 13.5. The highest BCUT2D eigenvalue weighted by Gasteiger charge is 2.51. The van der Waals surface area contributed by atoms with Crippen LogP contribution < -0.4 is 4.90 Å². The number of nitrogens with zero attached hydrogens (tertiary/aromatic N) is 1. The van der Waals surface area contributed by atoms with Crippen LogP contribution in [0.25, 0.3) is 44.5 Å². The van der Waals surface area contributed by atoms with Gasteiger partial charge in [0.05, 0.1) is 20.7 Å². The van der Waals surface area contributed by atoms with Crippen LogP contribution in [0.5, 0.6) is 0 Å². The van der Waals surface area contributed by atoms with Gasteiger partial charge >= 0.3 is 0 Å². The van der Waals surface area contributed by atoms with Gasteiger partial charge in [-0.3, -0.25) is 0 Å². The molecule has 0 N–H and O–H groups in total. The summed E-state index contributed by atoms with van der Waals surface area (Å²) >= 11 is 0. The lowest BCUT2D eigenvalue weighted by molar-refractivity contribution is 0.660. The van der Waals surface area contributed by atoms with Crippen molar-refractivity contribution in [1.29, 1.82) is 0 Å². The molecule has 0 heterocycles. The van der Waals surface area contributed by atoms with Gasteiger partial charge in [-0.2, -0.15) is 0 Å². The van der Waals surface area contributed by atoms with Gasteiger partial charge in [-0.15, -0.1) is 0 Å². The van der Waals surface area contributed by atoms with Crippen molar-refractivity contribution in [1.82, 2.24) is 0 Å². The Balaban J connectivity index is 1.29. The largest absolute Gasteiger partial charge is 0.310 e. The normalized spacial score (nSPS) is 18.5. The Kier molecular flexibility index (Phi) is 4.16. The second-order valence-electron chi connectivity index (χ2n) is 13.8. The van der Waals surface area contributed by atoms with Gasteiger partial charge in [-0.05, 0) is 103 Å². The number of para-hydroxylation sites is 1. The average Bonchev–Trinajstić information content (AvgIpc) is 3.93. The van der Waals surface area contributed by atoms with Gasteiger partial charge in [0.25, 0.3) is 0 Å². The molecule has 0 amide bonds. The Morgan fingerprint density at radius 2 is 1.00 bits per heavy atom. The molecule has 8 aromatic rings. The Labute approximate surface area is 329 Å². The van der Waals surface area contributed by atoms with E-state index in [0.29, 0.717) is 16.9 Å². The summed E-state index contributed by atoms with van der Waals surface area (Å²) < 4.78 is 119. The van der Waals surface area contributed by atoms with E-state index < -0.39 is 89.1 Å². The molecule has 0 radical (unpaired) electrons. The van der Waals surface area contributed by atoms with E-state index in [2.05, 4.69) is 36.4 Å². The summed E-state index contributed by atoms with van der Waals surface area (Å²) in [6, 6.07) is 42.3. The number of anilines is 3. The summed E-state index contributed by atoms with van der Waals surface area (Å²) in [5, 5.41) is 0. The van der Waals surface area contributed by atoms with Crippen LogP contribution in [0, 0.1) is 0 Å². The van der Waals surface area contributed by atoms with E-state index in [1.807, 2.05) is 97.1 Å². The molecule has 1 nitrogen and oxygen atoms in total. The molecule has 1 heteroatoms. The molecule has 1 spiro atoms. The van der Waals surface area contributed by atoms with Gasteiger partial charge in [0, 0.05) is 30.6 Å². The highest BCUT2D eigenvalue weighted by atomic mass is 15.1. The topological polar surface area (TPSA) is 3.24 Å². The molecular formula is C52H37N. The fourth-order valence-corrected chi connectivity index (χ4v) is 9.02. The van der Waals surface area contributed by atoms with Crippen LogP contribution in [0.4, 0.5) is 17.1 Å². The van der Waals surface area contributed by atoms with Gasteiger partial charge in [-0.25, -0.2) is 0 Å². The minimum Gasteiger partial charge on any atom is -0.310 e. The zero-order valence-corrected chi connectivity index (χ0v) is 28.3. The van der Waals surface area contributed by atoms with Gasteiger partial charge in [-0.1, -0.05) is 171 Å². The molecule has 250 valence electrons. The van der Waals surface area contributed by atoms with E-state index in [-0.39, 0.29) is 5.69 Å². The van der Waals surface area contributed by atoms with Crippen LogP contribution >= 0.6 is 0 Å². The molecule has 0 saturated heterocycles. The number of fused-ring (bicyclic) bond motifs is 13. The third-order valence-corrected chi connectivity index (χ3v) is 11.2. The van der Waals surface area contributed by atoms with E-state index in [1.165, 1.54) is 0 Å². The monoisotopic (exact) mass is 688 g/mol. The Morgan fingerprint density at radius 3 is 1.68 bits per heavy atom. The van der Waals surface area contributed by atoms with E-state index in [1.54, 1.807) is 17.0 Å². The molecule has 8 aromatic carbocycles. The van der Waals surface area contributed by atoms with Gasteiger partial charge in [0.1, 0.15) is 0 Å². The van der Waals surface area contributed by atoms with Crippen molar-refractivity contribution < 1.29 is 17.8 Å². The average molecular weight is 689 g/mol. The predicted molar refractivity (Wildman–Crippen MR) is 220 cm³/mol. The number of hydrogen-bond donors (Lipinski definition) is 0. The van der Waals surface area contributed by atoms with Crippen molar-refractivity contribution in [2.24, 2.45) is 0 Å². The van der Waals surface area contributed by atoms with Crippen molar-refractivity contribution in [3.8, 4) is 44.5 Å². The summed E-state index contributed by atoms with van der Waals surface area (Å²) in [6.45, 7) is -7.11. The van der Waals surface area contributed by atoms with Crippen molar-refractivity contribution in [2.45, 2.75) is 24.5 Å². The molecule has 3 aliphatic rings. The van der Waals surface area contributed by atoms with Crippen molar-refractivity contribution in [2.75, 3.05) is 4.90 Å². The molecule has 11 rings (SSSR count). The maximum atomic E-state index is 10.3. The van der Waals surface area contributed by atoms with Crippen LogP contribution in [-0.2, 0) is 10.8 Å². The summed E-state index contributed by atoms with van der Waals surface area (Å²) in [4.78, 5) is 1.64. The second-order valence-corrected chi connectivity index (χ2v) is 13.8. The van der Waals surface area contributed by atoms with E-state index in [9.17, 15) is 4.11 Å². The van der Waals surface area contributed by atoms with E-state index in [0.717, 1.165) is 50.1 Å². The highest BCUT2D eigenvalue weighted by molar-refractivity contribution is 5.97. The minimum atomic E-state index is -3.55. The Hall–Kier alpha value is -6.44. The minimum absolute atomic E-state index is 0.292. The van der Waals surface area contributed by atoms with E-state index >= 15 is 0 Å². The number of hydrogen-bond acceptors (Lipinski definition) is 1. The smallest absolute Gasteiger partial charge is 0.0726 e. The first-order valence-corrected chi connectivity index (χ1v) is 17.6. The number of benzene rings is 8. The van der Waals surface area contributed by atoms with Crippen LogP contribution in [0.1, 0.15) is 64.9 Å². The maximum Gasteiger partial charge on any atom is 0.0726 e. The molecule has 0 unspecified atom stereocenters. The fraction of sp³-hybridized carbons (Fsp3) is 0.0769. The second kappa shape index (κ2) is 11.0. The van der Waals surface area contributed by atoms with Crippen molar-refractivity contribution in [3.05, 3.63) is 221 Å². The Morgan fingerprint density at radius 1 is 0.434 bits per heavy atom. The molecule has 3 aliphatic carbocycles. The van der Waals surface area contributed by atoms with Crippen LogP contribution in [-0.4, -0.2) is 0 Å². The molecule has 0 bridgehead atoms. The third-order valence-electron chi connectivity index (χ3n) is 11.2. The standard InChI is InChI=1S/C52H37N/c1-51(2)44-23-11-6-19-38(44)42-30-28-35(32-48(42)51)53(50-27-15-10-18-37(50)34-16-4-3-5-17-34)36-29-31-43-41-22-9-14-26-47(41)52(49(43)33-36)45-24-12-7-20-39(45)40-21-8-13-25-46(40)52/h3-33H,1-2H3/i1D3,2D3,6D,11D,19D,23D,28D,30D,32D. The first-order chi connectivity index (χ1) is 31.5. The van der Waals surface area contributed by atoms with Crippen molar-refractivity contribution in [3.63, 3.8) is 0 Å². The third kappa shape index (κ3) is 4.02. The summed E-state index contributed by atoms with van der Waals surface area (Å²) in [7, 11) is 0. The number of rotatable bonds is 4. The quantitative estimate of drug-likeness (QED) is 0.178. The molecule has 0 aromatic heterocycles. The zero-order chi connectivity index (χ0) is 46.4. The highest BCUT2D eigenvalue weighted by Crippen LogP contribution is 2.63. The van der Waals surface area contributed by atoms with Crippen LogP contribution in [0.3, 0.4) is 0 Å². The summed E-state index contributed by atoms with van der Waals surface area (Å²) in [5.74, 6) is 0. The zero-order valence-electron chi connectivity index (χ0n) is 41.3. The molecule has 0 fully saturated rings. The Bertz CT molecular complexity index is 3310. The van der Waals surface area contributed by atoms with E-state index in [4.69, 9.17) is 13.7 Å². The lowest BCUT2D eigenvalue weighted by atomic mass is 9.70. The lowest BCUT2D eigenvalue weighted by Gasteiger charge is -2.33. The first kappa shape index (κ1) is 20.0. The van der Waals surface area contributed by atoms with Crippen LogP contribution in [0.15, 0.2) is 188 Å². The van der Waals surface area contributed by atoms with Gasteiger partial charge in [0.2, 0.25) is 0 Å². The molecule has 0 saturated carbocycles. The van der Waals surface area contributed by atoms with Gasteiger partial charge < -0.3 is 4.90 Å². The molecule has 0 aliphatic heterocycles. The first-order valence-electron chi connectivity index (χ1n) is 24.1. The molecule has 0 atom stereocenters. The molecular weight excluding hydrogens is 639 g/mol. The van der Waals surface area contributed by atoms with Gasteiger partial charge in [0.15, 0.2) is 0 Å². The SMILES string of the molecule is [2H]c1c([2H])c([2H])c2c(c1[2H])-c1c([2H])c([2H])c(N(c3ccc4c(c3)C3(c5ccccc5-c5ccccc53)c3ccccc3-4)c3ccccc3-c3ccccc3)c([2H])c1C2(C([2H])([2H])[2H])C([2H])([2H])[2H]. The van der Waals surface area contributed by atoms with Crippen molar-refractivity contribution >= 4 is 17.1 Å². The maximum absolute atomic E-state index is 10.3.